The highest BCUT2D eigenvalue weighted by molar-refractivity contribution is 8.01. The molecule has 8 saturated carbocycles. The van der Waals surface area contributed by atoms with Gasteiger partial charge in [0.05, 0.1) is 10.7 Å². The first-order valence-corrected chi connectivity index (χ1v) is 13.7. The maximum atomic E-state index is 13.2. The molecule has 30 heavy (non-hydrogen) atoms. The molecule has 5 heteroatoms. The molecule has 8 aliphatic carbocycles. The third-order valence-corrected chi connectivity index (χ3v) is 11.7. The van der Waals surface area contributed by atoms with Gasteiger partial charge in [-0.15, -0.1) is 11.8 Å². The van der Waals surface area contributed by atoms with Crippen LogP contribution < -0.4 is 10.6 Å². The topological polar surface area (TPSA) is 58.2 Å². The summed E-state index contributed by atoms with van der Waals surface area (Å²) in [4.78, 5) is 26.5. The van der Waals surface area contributed by atoms with Crippen molar-refractivity contribution < 1.29 is 9.59 Å². The summed E-state index contributed by atoms with van der Waals surface area (Å²) in [7, 11) is 0. The summed E-state index contributed by atoms with van der Waals surface area (Å²) >= 11 is 1.77. The zero-order valence-corrected chi connectivity index (χ0v) is 18.9. The lowest BCUT2D eigenvalue weighted by atomic mass is 9.49. The zero-order chi connectivity index (χ0) is 20.1. The molecule has 9 aliphatic rings. The van der Waals surface area contributed by atoms with Crippen molar-refractivity contribution in [2.24, 2.45) is 46.3 Å². The van der Waals surface area contributed by atoms with Crippen LogP contribution in [0.5, 0.6) is 0 Å². The van der Waals surface area contributed by atoms with Crippen LogP contribution in [-0.2, 0) is 9.59 Å². The van der Waals surface area contributed by atoms with Gasteiger partial charge in [-0.1, -0.05) is 0 Å². The highest BCUT2D eigenvalue weighted by atomic mass is 32.2. The van der Waals surface area contributed by atoms with Crippen LogP contribution in [-0.4, -0.2) is 22.6 Å². The maximum absolute atomic E-state index is 13.2. The molecule has 9 rings (SSSR count). The summed E-state index contributed by atoms with van der Waals surface area (Å²) in [5, 5.41) is 7.17. The second kappa shape index (κ2) is 6.42. The van der Waals surface area contributed by atoms with E-state index in [2.05, 4.69) is 10.6 Å². The summed E-state index contributed by atoms with van der Waals surface area (Å²) in [5.74, 6) is 5.53. The zero-order valence-electron chi connectivity index (χ0n) is 18.0. The number of hydrogen-bond acceptors (Lipinski definition) is 3. The van der Waals surface area contributed by atoms with Gasteiger partial charge < -0.3 is 10.6 Å². The molecular weight excluding hydrogens is 392 g/mol. The van der Waals surface area contributed by atoms with E-state index < -0.39 is 0 Å². The van der Waals surface area contributed by atoms with Gasteiger partial charge in [-0.3, -0.25) is 9.59 Å². The number of amides is 2. The Morgan fingerprint density at radius 1 is 0.533 bits per heavy atom. The van der Waals surface area contributed by atoms with Crippen molar-refractivity contribution in [1.29, 1.82) is 0 Å². The average molecular weight is 429 g/mol. The molecule has 2 amide bonds. The van der Waals surface area contributed by atoms with Crippen molar-refractivity contribution >= 4 is 23.6 Å². The van der Waals surface area contributed by atoms with Crippen LogP contribution in [0.15, 0.2) is 0 Å². The molecular formula is C25H36N2O2S. The van der Waals surface area contributed by atoms with Gasteiger partial charge >= 0.3 is 0 Å². The molecule has 2 atom stereocenters. The summed E-state index contributed by atoms with van der Waals surface area (Å²) in [5.41, 5.74) is -0.105. The molecule has 1 saturated heterocycles. The Kier molecular flexibility index (Phi) is 4.03. The summed E-state index contributed by atoms with van der Waals surface area (Å²) in [6.45, 7) is 0. The van der Waals surface area contributed by atoms with Crippen molar-refractivity contribution in [2.75, 3.05) is 0 Å². The number of carbonyl (C=O) groups is 2. The minimum absolute atomic E-state index is 0.0527. The van der Waals surface area contributed by atoms with Gasteiger partial charge in [0.25, 0.3) is 0 Å². The fourth-order valence-corrected chi connectivity index (χ4v) is 10.9. The van der Waals surface area contributed by atoms with Crippen molar-refractivity contribution in [3.05, 3.63) is 0 Å². The number of nitrogens with one attached hydrogen (secondary N) is 2. The highest BCUT2D eigenvalue weighted by Crippen LogP contribution is 2.61. The van der Waals surface area contributed by atoms with E-state index in [-0.39, 0.29) is 21.6 Å². The minimum atomic E-state index is -0.0527. The Balaban J connectivity index is 0.941. The van der Waals surface area contributed by atoms with Gasteiger partial charge in [0, 0.05) is 17.3 Å². The highest BCUT2D eigenvalue weighted by Gasteiger charge is 2.56. The third-order valence-electron chi connectivity index (χ3n) is 10.4. The summed E-state index contributed by atoms with van der Waals surface area (Å²) in [6, 6.07) is 0. The Bertz CT molecular complexity index is 641. The van der Waals surface area contributed by atoms with Gasteiger partial charge in [-0.25, -0.2) is 0 Å². The summed E-state index contributed by atoms with van der Waals surface area (Å²) < 4.78 is 0. The lowest BCUT2D eigenvalue weighted by Gasteiger charge is -2.56. The molecule has 2 unspecified atom stereocenters. The first-order valence-electron chi connectivity index (χ1n) is 12.7. The quantitative estimate of drug-likeness (QED) is 0.696. The van der Waals surface area contributed by atoms with Crippen molar-refractivity contribution in [1.82, 2.24) is 10.6 Å². The Morgan fingerprint density at radius 2 is 0.800 bits per heavy atom. The monoisotopic (exact) mass is 428 g/mol. The van der Waals surface area contributed by atoms with Gasteiger partial charge in [-0.2, -0.15) is 0 Å². The van der Waals surface area contributed by atoms with Crippen LogP contribution in [0.1, 0.15) is 83.5 Å². The molecule has 8 bridgehead atoms. The normalized spacial score (nSPS) is 54.7. The molecule has 0 aromatic rings. The fourth-order valence-electron chi connectivity index (χ4n) is 9.94. The number of rotatable bonds is 4. The second-order valence-electron chi connectivity index (χ2n) is 12.7. The molecule has 1 heterocycles. The van der Waals surface area contributed by atoms with Crippen LogP contribution in [0.25, 0.3) is 0 Å². The van der Waals surface area contributed by atoms with E-state index in [1.807, 2.05) is 0 Å². The maximum Gasteiger partial charge on any atom is 0.227 e. The lowest BCUT2D eigenvalue weighted by molar-refractivity contribution is -0.147. The Labute approximate surface area is 184 Å². The molecule has 2 N–H and O–H groups in total. The van der Waals surface area contributed by atoms with E-state index in [1.54, 1.807) is 11.8 Å². The molecule has 4 nitrogen and oxygen atoms in total. The first-order chi connectivity index (χ1) is 14.5. The average Bonchev–Trinajstić information content (AvgIpc) is 2.64. The fraction of sp³-hybridized carbons (Fsp3) is 0.920. The molecule has 9 fully saturated rings. The lowest BCUT2D eigenvalue weighted by Crippen LogP contribution is -2.59. The predicted octanol–water partition coefficient (Wildman–Crippen LogP) is 4.44. The van der Waals surface area contributed by atoms with Crippen LogP contribution >= 0.6 is 11.8 Å². The molecule has 164 valence electrons. The van der Waals surface area contributed by atoms with Gasteiger partial charge in [0.1, 0.15) is 0 Å². The van der Waals surface area contributed by atoms with E-state index in [0.717, 1.165) is 80.5 Å². The van der Waals surface area contributed by atoms with E-state index in [0.29, 0.717) is 11.8 Å². The third kappa shape index (κ3) is 2.85. The van der Waals surface area contributed by atoms with Gasteiger partial charge in [-0.05, 0) is 113 Å². The standard InChI is InChI=1S/C25H36N2O2S/c28-22(24-8-14-1-15(9-24)3-16(2-14)10-24)26-20-7-21(30-20)27-23(29)25-11-17-4-18(12-25)6-19(5-17)13-25/h14-21H,1-13H2,(H,26,28)(H,27,29). The summed E-state index contributed by atoms with van der Waals surface area (Å²) in [6.07, 6.45) is 16.0. The SMILES string of the molecule is O=C(NC1CC(NC(=O)C23CC4CC(CC(C4)C2)C3)S1)C12CC3CC(CC(C3)C1)C2. The molecule has 0 radical (unpaired) electrons. The number of carbonyl (C=O) groups excluding carboxylic acids is 2. The van der Waals surface area contributed by atoms with Crippen molar-refractivity contribution in [2.45, 2.75) is 94.2 Å². The van der Waals surface area contributed by atoms with E-state index in [9.17, 15) is 9.59 Å². The van der Waals surface area contributed by atoms with Crippen LogP contribution in [0, 0.1) is 46.3 Å². The van der Waals surface area contributed by atoms with Crippen LogP contribution in [0.2, 0.25) is 0 Å². The van der Waals surface area contributed by atoms with Crippen molar-refractivity contribution in [3.8, 4) is 0 Å². The number of hydrogen-bond donors (Lipinski definition) is 2. The second-order valence-corrected chi connectivity index (χ2v) is 14.1. The minimum Gasteiger partial charge on any atom is -0.344 e. The predicted molar refractivity (Wildman–Crippen MR) is 117 cm³/mol. The van der Waals surface area contributed by atoms with Gasteiger partial charge in [0.15, 0.2) is 0 Å². The smallest absolute Gasteiger partial charge is 0.227 e. The van der Waals surface area contributed by atoms with E-state index >= 15 is 0 Å². The number of thioether (sulfide) groups is 1. The van der Waals surface area contributed by atoms with Crippen LogP contribution in [0.4, 0.5) is 0 Å². The van der Waals surface area contributed by atoms with Crippen molar-refractivity contribution in [3.63, 3.8) is 0 Å². The Morgan fingerprint density at radius 3 is 1.07 bits per heavy atom. The first kappa shape index (κ1) is 18.8. The molecule has 0 aromatic carbocycles. The molecule has 0 spiro atoms. The van der Waals surface area contributed by atoms with E-state index in [4.69, 9.17) is 0 Å². The Hall–Kier alpha value is -0.710. The van der Waals surface area contributed by atoms with Gasteiger partial charge in [0.2, 0.25) is 11.8 Å². The molecule has 0 aromatic heterocycles. The largest absolute Gasteiger partial charge is 0.344 e. The van der Waals surface area contributed by atoms with Crippen LogP contribution in [0.3, 0.4) is 0 Å². The van der Waals surface area contributed by atoms with E-state index in [1.165, 1.54) is 38.5 Å². The molecule has 1 aliphatic heterocycles.